The average Bonchev–Trinajstić information content (AvgIpc) is 3.13. The highest BCUT2D eigenvalue weighted by Crippen LogP contribution is 2.22. The van der Waals surface area contributed by atoms with Gasteiger partial charge >= 0.3 is 0 Å². The summed E-state index contributed by atoms with van der Waals surface area (Å²) in [5.74, 6) is 1.21. The number of amides is 1. The van der Waals surface area contributed by atoms with Gasteiger partial charge in [0.05, 0.1) is 7.11 Å². The van der Waals surface area contributed by atoms with Crippen LogP contribution in [0.15, 0.2) is 30.5 Å². The fraction of sp³-hybridized carbons (Fsp3) is 0.353. The molecule has 1 amide bonds. The first kappa shape index (κ1) is 16.4. The number of carbonyl (C=O) groups is 1. The zero-order valence-electron chi connectivity index (χ0n) is 13.9. The summed E-state index contributed by atoms with van der Waals surface area (Å²) >= 11 is 1.43. The van der Waals surface area contributed by atoms with Gasteiger partial charge in [-0.3, -0.25) is 10.1 Å². The van der Waals surface area contributed by atoms with E-state index >= 15 is 0 Å². The van der Waals surface area contributed by atoms with Crippen LogP contribution in [0.2, 0.25) is 0 Å². The molecule has 0 saturated carbocycles. The SMILES string of the molecule is COc1ccc2c(ccn2CC(=O)Nc2nnc(CC(C)C)s2)c1. The van der Waals surface area contributed by atoms with E-state index in [9.17, 15) is 4.79 Å². The van der Waals surface area contributed by atoms with Crippen LogP contribution in [-0.4, -0.2) is 27.8 Å². The molecule has 0 atom stereocenters. The van der Waals surface area contributed by atoms with Crippen molar-refractivity contribution in [1.82, 2.24) is 14.8 Å². The first-order valence-electron chi connectivity index (χ1n) is 7.80. The molecule has 2 heterocycles. The van der Waals surface area contributed by atoms with Gasteiger partial charge in [0.15, 0.2) is 0 Å². The molecule has 0 aliphatic heterocycles. The number of anilines is 1. The predicted molar refractivity (Wildman–Crippen MR) is 95.6 cm³/mol. The van der Waals surface area contributed by atoms with E-state index in [2.05, 4.69) is 29.4 Å². The zero-order valence-corrected chi connectivity index (χ0v) is 14.8. The lowest BCUT2D eigenvalue weighted by molar-refractivity contribution is -0.116. The normalized spacial score (nSPS) is 11.2. The average molecular weight is 344 g/mol. The van der Waals surface area contributed by atoms with Gasteiger partial charge in [-0.25, -0.2) is 0 Å². The number of hydrogen-bond donors (Lipinski definition) is 1. The van der Waals surface area contributed by atoms with Gasteiger partial charge in [-0.1, -0.05) is 25.2 Å². The van der Waals surface area contributed by atoms with Crippen molar-refractivity contribution < 1.29 is 9.53 Å². The molecule has 0 fully saturated rings. The number of hydrogen-bond acceptors (Lipinski definition) is 5. The van der Waals surface area contributed by atoms with Crippen LogP contribution in [0.1, 0.15) is 18.9 Å². The number of benzene rings is 1. The van der Waals surface area contributed by atoms with E-state index in [-0.39, 0.29) is 12.5 Å². The first-order chi connectivity index (χ1) is 11.5. The van der Waals surface area contributed by atoms with E-state index in [1.807, 2.05) is 35.0 Å². The molecule has 0 bridgehead atoms. The van der Waals surface area contributed by atoms with Crippen LogP contribution in [0.5, 0.6) is 5.75 Å². The van der Waals surface area contributed by atoms with Crippen molar-refractivity contribution in [3.05, 3.63) is 35.5 Å². The van der Waals surface area contributed by atoms with Crippen molar-refractivity contribution in [3.63, 3.8) is 0 Å². The Morgan fingerprint density at radius 3 is 2.92 bits per heavy atom. The van der Waals surface area contributed by atoms with E-state index in [0.717, 1.165) is 28.1 Å². The minimum Gasteiger partial charge on any atom is -0.497 e. The van der Waals surface area contributed by atoms with Crippen LogP contribution >= 0.6 is 11.3 Å². The molecule has 0 saturated heterocycles. The van der Waals surface area contributed by atoms with E-state index < -0.39 is 0 Å². The molecule has 3 rings (SSSR count). The lowest BCUT2D eigenvalue weighted by atomic mass is 10.1. The van der Waals surface area contributed by atoms with Gasteiger partial charge in [0.2, 0.25) is 11.0 Å². The lowest BCUT2D eigenvalue weighted by Gasteiger charge is -2.06. The van der Waals surface area contributed by atoms with Crippen LogP contribution < -0.4 is 10.1 Å². The third-order valence-electron chi connectivity index (χ3n) is 3.59. The Bertz CT molecular complexity index is 853. The van der Waals surface area contributed by atoms with E-state index in [1.165, 1.54) is 11.3 Å². The number of nitrogens with one attached hydrogen (secondary N) is 1. The molecule has 0 aliphatic rings. The van der Waals surface area contributed by atoms with Gasteiger partial charge in [-0.2, -0.15) is 0 Å². The van der Waals surface area contributed by atoms with Crippen molar-refractivity contribution in [3.8, 4) is 5.75 Å². The molecule has 24 heavy (non-hydrogen) atoms. The molecule has 7 heteroatoms. The van der Waals surface area contributed by atoms with Gasteiger partial charge < -0.3 is 9.30 Å². The molecule has 0 unspecified atom stereocenters. The largest absolute Gasteiger partial charge is 0.497 e. The molecule has 0 aliphatic carbocycles. The fourth-order valence-electron chi connectivity index (χ4n) is 2.49. The summed E-state index contributed by atoms with van der Waals surface area (Å²) in [5.41, 5.74) is 0.990. The monoisotopic (exact) mass is 344 g/mol. The Balaban J connectivity index is 1.67. The van der Waals surface area contributed by atoms with Crippen LogP contribution in [-0.2, 0) is 17.8 Å². The van der Waals surface area contributed by atoms with Crippen LogP contribution in [0.3, 0.4) is 0 Å². The highest BCUT2D eigenvalue weighted by molar-refractivity contribution is 7.15. The van der Waals surface area contributed by atoms with Crippen LogP contribution in [0.25, 0.3) is 10.9 Å². The minimum absolute atomic E-state index is 0.115. The third kappa shape index (κ3) is 3.73. The Morgan fingerprint density at radius 1 is 1.33 bits per heavy atom. The third-order valence-corrected chi connectivity index (χ3v) is 4.45. The summed E-state index contributed by atoms with van der Waals surface area (Å²) in [6, 6.07) is 7.76. The maximum absolute atomic E-state index is 12.3. The lowest BCUT2D eigenvalue weighted by Crippen LogP contribution is -2.18. The van der Waals surface area contributed by atoms with Crippen LogP contribution in [0.4, 0.5) is 5.13 Å². The number of ether oxygens (including phenoxy) is 1. The highest BCUT2D eigenvalue weighted by Gasteiger charge is 2.11. The number of rotatable bonds is 6. The number of nitrogens with zero attached hydrogens (tertiary/aromatic N) is 3. The number of fused-ring (bicyclic) bond motifs is 1. The van der Waals surface area contributed by atoms with Crippen molar-refractivity contribution in [2.24, 2.45) is 5.92 Å². The zero-order chi connectivity index (χ0) is 17.1. The van der Waals surface area contributed by atoms with Gasteiger partial charge in [0, 0.05) is 23.5 Å². The van der Waals surface area contributed by atoms with Crippen molar-refractivity contribution in [2.75, 3.05) is 12.4 Å². The Kier molecular flexibility index (Phi) is 4.80. The topological polar surface area (TPSA) is 69.0 Å². The Morgan fingerprint density at radius 2 is 2.17 bits per heavy atom. The summed E-state index contributed by atoms with van der Waals surface area (Å²) in [7, 11) is 1.64. The van der Waals surface area contributed by atoms with Gasteiger partial charge in [-0.15, -0.1) is 10.2 Å². The molecular formula is C17H20N4O2S. The molecule has 3 aromatic rings. The molecule has 126 valence electrons. The number of carbonyl (C=O) groups excluding carboxylic acids is 1. The van der Waals surface area contributed by atoms with E-state index in [0.29, 0.717) is 11.0 Å². The summed E-state index contributed by atoms with van der Waals surface area (Å²) < 4.78 is 7.12. The maximum atomic E-state index is 12.3. The van der Waals surface area contributed by atoms with Crippen LogP contribution in [0, 0.1) is 5.92 Å². The van der Waals surface area contributed by atoms with E-state index in [4.69, 9.17) is 4.74 Å². The van der Waals surface area contributed by atoms with E-state index in [1.54, 1.807) is 7.11 Å². The molecule has 0 radical (unpaired) electrons. The maximum Gasteiger partial charge on any atom is 0.246 e. The summed E-state index contributed by atoms with van der Waals surface area (Å²) in [5, 5.41) is 13.5. The number of methoxy groups -OCH3 is 1. The van der Waals surface area contributed by atoms with Crippen molar-refractivity contribution in [2.45, 2.75) is 26.8 Å². The second-order valence-corrected chi connectivity index (χ2v) is 7.08. The van der Waals surface area contributed by atoms with Gasteiger partial charge in [0.1, 0.15) is 17.3 Å². The smallest absolute Gasteiger partial charge is 0.246 e. The van der Waals surface area contributed by atoms with Crippen molar-refractivity contribution >= 4 is 33.3 Å². The molecule has 2 aromatic heterocycles. The molecular weight excluding hydrogens is 324 g/mol. The molecule has 1 aromatic carbocycles. The summed E-state index contributed by atoms with van der Waals surface area (Å²) in [6.45, 7) is 4.49. The minimum atomic E-state index is -0.115. The standard InChI is InChI=1S/C17H20N4O2S/c1-11(2)8-16-19-20-17(24-16)18-15(22)10-21-7-6-12-9-13(23-3)4-5-14(12)21/h4-7,9,11H,8,10H2,1-3H3,(H,18,20,22). The molecule has 0 spiro atoms. The fourth-order valence-corrected chi connectivity index (χ4v) is 3.46. The Labute approximate surface area is 144 Å². The second-order valence-electron chi connectivity index (χ2n) is 6.02. The summed E-state index contributed by atoms with van der Waals surface area (Å²) in [6.07, 6.45) is 2.77. The van der Waals surface area contributed by atoms with Gasteiger partial charge in [-0.05, 0) is 30.2 Å². The molecule has 6 nitrogen and oxygen atoms in total. The highest BCUT2D eigenvalue weighted by atomic mass is 32.1. The quantitative estimate of drug-likeness (QED) is 0.744. The first-order valence-corrected chi connectivity index (χ1v) is 8.62. The number of aromatic nitrogens is 3. The predicted octanol–water partition coefficient (Wildman–Crippen LogP) is 3.34. The Hall–Kier alpha value is -2.41. The van der Waals surface area contributed by atoms with Gasteiger partial charge in [0.25, 0.3) is 0 Å². The molecule has 1 N–H and O–H groups in total. The summed E-state index contributed by atoms with van der Waals surface area (Å²) in [4.78, 5) is 12.3. The second kappa shape index (κ2) is 7.00. The van der Waals surface area contributed by atoms with Crippen molar-refractivity contribution in [1.29, 1.82) is 0 Å².